The van der Waals surface area contributed by atoms with Crippen molar-refractivity contribution in [3.8, 4) is 0 Å². The molecule has 1 aromatic rings. The van der Waals surface area contributed by atoms with Crippen molar-refractivity contribution in [2.24, 2.45) is 0 Å². The fourth-order valence-electron chi connectivity index (χ4n) is 1.71. The van der Waals surface area contributed by atoms with E-state index >= 15 is 0 Å². The fourth-order valence-corrected chi connectivity index (χ4v) is 2.49. The number of aromatic nitrogens is 1. The Morgan fingerprint density at radius 3 is 3.06 bits per heavy atom. The molecular weight excluding hydrogens is 256 g/mol. The highest BCUT2D eigenvalue weighted by molar-refractivity contribution is 7.09. The normalized spacial score (nSPS) is 18.8. The van der Waals surface area contributed by atoms with Crippen molar-refractivity contribution in [2.45, 2.75) is 25.4 Å². The van der Waals surface area contributed by atoms with E-state index in [1.54, 1.807) is 0 Å². The van der Waals surface area contributed by atoms with Gasteiger partial charge in [-0.05, 0) is 12.8 Å². The Balaban J connectivity index is 1.74. The topological polar surface area (TPSA) is 88.5 Å². The summed E-state index contributed by atoms with van der Waals surface area (Å²) in [6, 6.07) is 0. The number of carboxylic acids is 1. The molecule has 1 aliphatic rings. The van der Waals surface area contributed by atoms with Crippen LogP contribution in [0, 0.1) is 0 Å². The van der Waals surface area contributed by atoms with Gasteiger partial charge in [-0.2, -0.15) is 0 Å². The molecule has 0 aromatic carbocycles. The van der Waals surface area contributed by atoms with Crippen molar-refractivity contribution < 1.29 is 19.4 Å². The number of carboxylic acid groups (broad SMARTS) is 1. The van der Waals surface area contributed by atoms with Gasteiger partial charge in [0, 0.05) is 25.0 Å². The minimum Gasteiger partial charge on any atom is -0.476 e. The van der Waals surface area contributed by atoms with Crippen molar-refractivity contribution in [3.63, 3.8) is 0 Å². The predicted octanol–water partition coefficient (Wildman–Crippen LogP) is 0.679. The maximum absolute atomic E-state index is 11.6. The van der Waals surface area contributed by atoms with E-state index in [1.165, 1.54) is 16.7 Å². The molecule has 0 spiro atoms. The first kappa shape index (κ1) is 13.0. The Bertz CT molecular complexity index is 440. The van der Waals surface area contributed by atoms with E-state index < -0.39 is 5.97 Å². The molecule has 2 N–H and O–H groups in total. The number of rotatable bonds is 5. The summed E-state index contributed by atoms with van der Waals surface area (Å²) in [4.78, 5) is 26.2. The largest absolute Gasteiger partial charge is 0.476 e. The summed E-state index contributed by atoms with van der Waals surface area (Å²) in [7, 11) is 0. The molecule has 1 fully saturated rings. The maximum atomic E-state index is 11.6. The number of nitrogens with zero attached hydrogens (tertiary/aromatic N) is 1. The second kappa shape index (κ2) is 5.92. The van der Waals surface area contributed by atoms with Crippen LogP contribution in [-0.2, 0) is 16.0 Å². The average Bonchev–Trinajstić information content (AvgIpc) is 3.00. The monoisotopic (exact) mass is 270 g/mol. The predicted molar refractivity (Wildman–Crippen MR) is 64.8 cm³/mol. The molecule has 1 unspecified atom stereocenters. The van der Waals surface area contributed by atoms with E-state index in [0.717, 1.165) is 12.8 Å². The van der Waals surface area contributed by atoms with E-state index in [1.807, 2.05) is 0 Å². The Morgan fingerprint density at radius 1 is 1.61 bits per heavy atom. The van der Waals surface area contributed by atoms with E-state index in [-0.39, 0.29) is 17.7 Å². The molecule has 1 amide bonds. The lowest BCUT2D eigenvalue weighted by atomic mass is 10.2. The molecule has 18 heavy (non-hydrogen) atoms. The van der Waals surface area contributed by atoms with Gasteiger partial charge in [0.2, 0.25) is 5.91 Å². The number of thiazole rings is 1. The van der Waals surface area contributed by atoms with Crippen LogP contribution in [0.5, 0.6) is 0 Å². The highest BCUT2D eigenvalue weighted by Gasteiger charge is 2.22. The highest BCUT2D eigenvalue weighted by Crippen LogP contribution is 2.12. The molecular formula is C11H14N2O4S. The standard InChI is InChI=1S/C11H14N2O4S/c14-10(8-2-1-5-17-8)12-4-3-9-13-7(6-18-9)11(15)16/h6,8H,1-5H2,(H,12,14)(H,15,16). The van der Waals surface area contributed by atoms with Crippen LogP contribution in [0.4, 0.5) is 0 Å². The van der Waals surface area contributed by atoms with Crippen molar-refractivity contribution in [1.82, 2.24) is 10.3 Å². The van der Waals surface area contributed by atoms with Gasteiger partial charge in [-0.15, -0.1) is 11.3 Å². The molecule has 1 aromatic heterocycles. The van der Waals surface area contributed by atoms with Gasteiger partial charge >= 0.3 is 5.97 Å². The summed E-state index contributed by atoms with van der Waals surface area (Å²) in [6.07, 6.45) is 1.91. The van der Waals surface area contributed by atoms with Crippen LogP contribution in [0.1, 0.15) is 28.3 Å². The van der Waals surface area contributed by atoms with E-state index in [0.29, 0.717) is 24.6 Å². The first-order valence-corrected chi connectivity index (χ1v) is 6.62. The Morgan fingerprint density at radius 2 is 2.44 bits per heavy atom. The summed E-state index contributed by atoms with van der Waals surface area (Å²) in [5, 5.41) is 13.7. The molecule has 1 atom stereocenters. The third-order valence-corrected chi connectivity index (χ3v) is 3.54. The van der Waals surface area contributed by atoms with Crippen LogP contribution in [0.3, 0.4) is 0 Å². The second-order valence-electron chi connectivity index (χ2n) is 3.97. The number of hydrogen-bond donors (Lipinski definition) is 2. The number of carbonyl (C=O) groups is 2. The molecule has 1 saturated heterocycles. The second-order valence-corrected chi connectivity index (χ2v) is 4.92. The highest BCUT2D eigenvalue weighted by atomic mass is 32.1. The summed E-state index contributed by atoms with van der Waals surface area (Å²) in [5.74, 6) is -1.12. The number of aromatic carboxylic acids is 1. The van der Waals surface area contributed by atoms with Crippen molar-refractivity contribution >= 4 is 23.2 Å². The van der Waals surface area contributed by atoms with Crippen LogP contribution in [0.25, 0.3) is 0 Å². The molecule has 0 saturated carbocycles. The molecule has 0 aliphatic carbocycles. The quantitative estimate of drug-likeness (QED) is 0.821. The van der Waals surface area contributed by atoms with Gasteiger partial charge < -0.3 is 15.2 Å². The lowest BCUT2D eigenvalue weighted by Gasteiger charge is -2.09. The van der Waals surface area contributed by atoms with Crippen LogP contribution < -0.4 is 5.32 Å². The maximum Gasteiger partial charge on any atom is 0.355 e. The zero-order chi connectivity index (χ0) is 13.0. The number of nitrogens with one attached hydrogen (secondary N) is 1. The lowest BCUT2D eigenvalue weighted by Crippen LogP contribution is -2.35. The van der Waals surface area contributed by atoms with E-state index in [2.05, 4.69) is 10.3 Å². The van der Waals surface area contributed by atoms with E-state index in [9.17, 15) is 9.59 Å². The first-order valence-electron chi connectivity index (χ1n) is 5.74. The SMILES string of the molecule is O=C(O)c1csc(CCNC(=O)C2CCCO2)n1. The fraction of sp³-hybridized carbons (Fsp3) is 0.545. The first-order chi connectivity index (χ1) is 8.66. The molecule has 6 nitrogen and oxygen atoms in total. The van der Waals surface area contributed by atoms with Crippen molar-refractivity contribution in [1.29, 1.82) is 0 Å². The van der Waals surface area contributed by atoms with Gasteiger partial charge in [-0.25, -0.2) is 9.78 Å². The zero-order valence-electron chi connectivity index (χ0n) is 9.72. The minimum absolute atomic E-state index is 0.0560. The molecule has 2 rings (SSSR count). The summed E-state index contributed by atoms with van der Waals surface area (Å²) in [5.41, 5.74) is 0.0560. The van der Waals surface area contributed by atoms with Gasteiger partial charge in [-0.3, -0.25) is 4.79 Å². The van der Waals surface area contributed by atoms with Crippen LogP contribution in [-0.4, -0.2) is 41.2 Å². The van der Waals surface area contributed by atoms with E-state index in [4.69, 9.17) is 9.84 Å². The molecule has 7 heteroatoms. The lowest BCUT2D eigenvalue weighted by molar-refractivity contribution is -0.129. The van der Waals surface area contributed by atoms with Gasteiger partial charge in [0.1, 0.15) is 6.10 Å². The summed E-state index contributed by atoms with van der Waals surface area (Å²) in [6.45, 7) is 1.10. The van der Waals surface area contributed by atoms with Gasteiger partial charge in [0.05, 0.1) is 5.01 Å². The van der Waals surface area contributed by atoms with Gasteiger partial charge in [0.25, 0.3) is 0 Å². The van der Waals surface area contributed by atoms with Crippen LogP contribution in [0.15, 0.2) is 5.38 Å². The van der Waals surface area contributed by atoms with Gasteiger partial charge in [-0.1, -0.05) is 0 Å². The molecule has 0 bridgehead atoms. The molecule has 0 radical (unpaired) electrons. The number of hydrogen-bond acceptors (Lipinski definition) is 5. The number of ether oxygens (including phenoxy) is 1. The van der Waals surface area contributed by atoms with Crippen molar-refractivity contribution in [2.75, 3.05) is 13.2 Å². The molecule has 1 aliphatic heterocycles. The zero-order valence-corrected chi connectivity index (χ0v) is 10.5. The Labute approximate surface area is 108 Å². The molecule has 2 heterocycles. The van der Waals surface area contributed by atoms with Gasteiger partial charge in [0.15, 0.2) is 5.69 Å². The number of carbonyl (C=O) groups excluding carboxylic acids is 1. The molecule has 98 valence electrons. The summed E-state index contributed by atoms with van der Waals surface area (Å²) >= 11 is 1.29. The average molecular weight is 270 g/mol. The minimum atomic E-state index is -1.03. The van der Waals surface area contributed by atoms with Crippen LogP contribution in [0.2, 0.25) is 0 Å². The third kappa shape index (κ3) is 3.27. The smallest absolute Gasteiger partial charge is 0.355 e. The Hall–Kier alpha value is -1.47. The number of amides is 1. The summed E-state index contributed by atoms with van der Waals surface area (Å²) < 4.78 is 5.25. The van der Waals surface area contributed by atoms with Crippen molar-refractivity contribution in [3.05, 3.63) is 16.1 Å². The Kier molecular flexibility index (Phi) is 4.27. The third-order valence-electron chi connectivity index (χ3n) is 2.63. The van der Waals surface area contributed by atoms with Crippen LogP contribution >= 0.6 is 11.3 Å².